The van der Waals surface area contributed by atoms with Gasteiger partial charge in [-0.1, -0.05) is 12.1 Å². The first kappa shape index (κ1) is 15.4. The van der Waals surface area contributed by atoms with Crippen LogP contribution >= 0.6 is 15.9 Å². The predicted molar refractivity (Wildman–Crippen MR) is 82.8 cm³/mol. The van der Waals surface area contributed by atoms with Gasteiger partial charge in [0.1, 0.15) is 0 Å². The molecule has 2 rings (SSSR count). The van der Waals surface area contributed by atoms with Crippen molar-refractivity contribution in [2.45, 2.75) is 19.4 Å². The molecule has 0 aromatic heterocycles. The van der Waals surface area contributed by atoms with Crippen LogP contribution in [-0.4, -0.2) is 47.9 Å². The molecule has 20 heavy (non-hydrogen) atoms. The van der Waals surface area contributed by atoms with Crippen molar-refractivity contribution in [1.82, 2.24) is 9.80 Å². The average molecular weight is 342 g/mol. The molecular weight excluding hydrogens is 322 g/mol. The highest BCUT2D eigenvalue weighted by Gasteiger charge is 2.16. The molecule has 0 atom stereocenters. The van der Waals surface area contributed by atoms with E-state index in [4.69, 9.17) is 0 Å². The highest BCUT2D eigenvalue weighted by molar-refractivity contribution is 9.10. The zero-order valence-electron chi connectivity index (χ0n) is 11.7. The van der Waals surface area contributed by atoms with Gasteiger partial charge in [0.15, 0.2) is 0 Å². The van der Waals surface area contributed by atoms with Crippen LogP contribution in [0.3, 0.4) is 0 Å². The Hall–Kier alpha value is -0.980. The van der Waals surface area contributed by atoms with Gasteiger partial charge >= 0.3 is 0 Å². The lowest BCUT2D eigenvalue weighted by Crippen LogP contribution is -2.31. The van der Waals surface area contributed by atoms with Crippen molar-refractivity contribution in [3.8, 4) is 0 Å². The Morgan fingerprint density at radius 1 is 1.40 bits per heavy atom. The predicted octanol–water partition coefficient (Wildman–Crippen LogP) is 2.88. The highest BCUT2D eigenvalue weighted by atomic mass is 79.9. The van der Waals surface area contributed by atoms with Crippen LogP contribution in [0.4, 0.5) is 5.69 Å². The number of likely N-dealkylation sites (tertiary alicyclic amines) is 1. The molecule has 1 aliphatic heterocycles. The zero-order valence-corrected chi connectivity index (χ0v) is 13.3. The summed E-state index contributed by atoms with van der Waals surface area (Å²) in [7, 11) is 2.06. The van der Waals surface area contributed by atoms with Gasteiger partial charge in [-0.2, -0.15) is 0 Å². The van der Waals surface area contributed by atoms with Crippen molar-refractivity contribution in [3.63, 3.8) is 0 Å². The molecule has 1 fully saturated rings. The topological polar surface area (TPSA) is 49.6 Å². The normalized spacial score (nSPS) is 15.9. The van der Waals surface area contributed by atoms with E-state index in [1.54, 1.807) is 6.07 Å². The van der Waals surface area contributed by atoms with Crippen LogP contribution < -0.4 is 0 Å². The molecule has 1 heterocycles. The van der Waals surface area contributed by atoms with Crippen LogP contribution in [0.5, 0.6) is 0 Å². The number of hydrogen-bond acceptors (Lipinski definition) is 4. The van der Waals surface area contributed by atoms with Crippen LogP contribution in [-0.2, 0) is 6.54 Å². The second-order valence-electron chi connectivity index (χ2n) is 5.29. The van der Waals surface area contributed by atoms with E-state index in [1.807, 2.05) is 6.07 Å². The third-order valence-electron chi connectivity index (χ3n) is 3.69. The van der Waals surface area contributed by atoms with E-state index in [2.05, 4.69) is 32.8 Å². The fourth-order valence-corrected chi connectivity index (χ4v) is 3.05. The van der Waals surface area contributed by atoms with Crippen molar-refractivity contribution < 1.29 is 4.92 Å². The Labute approximate surface area is 127 Å². The summed E-state index contributed by atoms with van der Waals surface area (Å²) >= 11 is 3.35. The number of halogens is 1. The first-order valence-corrected chi connectivity index (χ1v) is 7.70. The minimum atomic E-state index is -0.349. The van der Waals surface area contributed by atoms with Gasteiger partial charge in [-0.3, -0.25) is 10.1 Å². The molecule has 0 saturated carbocycles. The molecule has 1 aliphatic rings. The van der Waals surface area contributed by atoms with E-state index in [-0.39, 0.29) is 10.6 Å². The third-order valence-corrected chi connectivity index (χ3v) is 4.61. The number of nitrogens with zero attached hydrogens (tertiary/aromatic N) is 3. The number of benzene rings is 1. The standard InChI is InChI=1S/C14H20BrN3O2/c1-16(9-10-17-7-2-3-8-17)11-12-5-4-6-13(14(12)15)18(19)20/h4-6H,2-3,7-11H2,1H3. The Balaban J connectivity index is 1.91. The van der Waals surface area contributed by atoms with Gasteiger partial charge < -0.3 is 9.80 Å². The largest absolute Gasteiger partial charge is 0.302 e. The Kier molecular flexibility index (Phi) is 5.51. The van der Waals surface area contributed by atoms with Crippen molar-refractivity contribution in [3.05, 3.63) is 38.3 Å². The molecule has 6 heteroatoms. The van der Waals surface area contributed by atoms with E-state index in [1.165, 1.54) is 32.0 Å². The molecule has 0 bridgehead atoms. The third kappa shape index (κ3) is 4.01. The SMILES string of the molecule is CN(CCN1CCCC1)Cc1cccc([N+](=O)[O-])c1Br. The molecule has 0 unspecified atom stereocenters. The summed E-state index contributed by atoms with van der Waals surface area (Å²) in [5.74, 6) is 0. The summed E-state index contributed by atoms with van der Waals surface area (Å²) in [5, 5.41) is 10.9. The van der Waals surface area contributed by atoms with Gasteiger partial charge in [0.25, 0.3) is 5.69 Å². The maximum atomic E-state index is 10.9. The number of nitro groups is 1. The van der Waals surface area contributed by atoms with Crippen molar-refractivity contribution in [2.24, 2.45) is 0 Å². The van der Waals surface area contributed by atoms with Gasteiger partial charge in [-0.15, -0.1) is 0 Å². The van der Waals surface area contributed by atoms with Gasteiger partial charge in [0, 0.05) is 25.7 Å². The van der Waals surface area contributed by atoms with Gasteiger partial charge in [-0.25, -0.2) is 0 Å². The smallest absolute Gasteiger partial charge is 0.283 e. The lowest BCUT2D eigenvalue weighted by atomic mass is 10.2. The first-order valence-electron chi connectivity index (χ1n) is 6.90. The van der Waals surface area contributed by atoms with Gasteiger partial charge in [-0.05, 0) is 54.5 Å². The monoisotopic (exact) mass is 341 g/mol. The summed E-state index contributed by atoms with van der Waals surface area (Å²) in [6.45, 7) is 5.18. The van der Waals surface area contributed by atoms with Gasteiger partial charge in [0.2, 0.25) is 0 Å². The minimum absolute atomic E-state index is 0.135. The maximum absolute atomic E-state index is 10.9. The van der Waals surface area contributed by atoms with Crippen LogP contribution in [0.1, 0.15) is 18.4 Å². The average Bonchev–Trinajstić information content (AvgIpc) is 2.91. The van der Waals surface area contributed by atoms with Gasteiger partial charge in [0.05, 0.1) is 9.40 Å². The van der Waals surface area contributed by atoms with Crippen molar-refractivity contribution in [2.75, 3.05) is 33.2 Å². The molecular formula is C14H20BrN3O2. The van der Waals surface area contributed by atoms with E-state index in [0.717, 1.165) is 25.2 Å². The van der Waals surface area contributed by atoms with E-state index < -0.39 is 0 Å². The second-order valence-corrected chi connectivity index (χ2v) is 6.09. The Morgan fingerprint density at radius 2 is 2.10 bits per heavy atom. The fraction of sp³-hybridized carbons (Fsp3) is 0.571. The first-order chi connectivity index (χ1) is 9.58. The highest BCUT2D eigenvalue weighted by Crippen LogP contribution is 2.28. The molecule has 5 nitrogen and oxygen atoms in total. The summed E-state index contributed by atoms with van der Waals surface area (Å²) < 4.78 is 0.595. The number of likely N-dealkylation sites (N-methyl/N-ethyl adjacent to an activating group) is 1. The molecule has 0 amide bonds. The molecule has 0 radical (unpaired) electrons. The molecule has 0 aliphatic carbocycles. The molecule has 1 aromatic carbocycles. The zero-order chi connectivity index (χ0) is 14.5. The molecule has 1 saturated heterocycles. The number of hydrogen-bond donors (Lipinski definition) is 0. The van der Waals surface area contributed by atoms with Crippen molar-refractivity contribution in [1.29, 1.82) is 0 Å². The molecule has 0 spiro atoms. The van der Waals surface area contributed by atoms with Crippen molar-refractivity contribution >= 4 is 21.6 Å². The lowest BCUT2D eigenvalue weighted by Gasteiger charge is -2.21. The number of nitro benzene ring substituents is 1. The lowest BCUT2D eigenvalue weighted by molar-refractivity contribution is -0.385. The second kappa shape index (κ2) is 7.15. The van der Waals surface area contributed by atoms with Crippen LogP contribution in [0.15, 0.2) is 22.7 Å². The molecule has 1 aromatic rings. The maximum Gasteiger partial charge on any atom is 0.283 e. The fourth-order valence-electron chi connectivity index (χ4n) is 2.52. The van der Waals surface area contributed by atoms with Crippen LogP contribution in [0.2, 0.25) is 0 Å². The Morgan fingerprint density at radius 3 is 2.75 bits per heavy atom. The minimum Gasteiger partial charge on any atom is -0.302 e. The summed E-state index contributed by atoms with van der Waals surface area (Å²) in [5.41, 5.74) is 1.10. The number of rotatable bonds is 6. The van der Waals surface area contributed by atoms with Crippen LogP contribution in [0, 0.1) is 10.1 Å². The van der Waals surface area contributed by atoms with E-state index in [0.29, 0.717) is 4.47 Å². The summed E-state index contributed by atoms with van der Waals surface area (Å²) in [4.78, 5) is 15.2. The van der Waals surface area contributed by atoms with Crippen LogP contribution in [0.25, 0.3) is 0 Å². The summed E-state index contributed by atoms with van der Waals surface area (Å²) in [6.07, 6.45) is 2.61. The molecule has 0 N–H and O–H groups in total. The summed E-state index contributed by atoms with van der Waals surface area (Å²) in [6, 6.07) is 5.20. The van der Waals surface area contributed by atoms with E-state index in [9.17, 15) is 10.1 Å². The van der Waals surface area contributed by atoms with E-state index >= 15 is 0 Å². The molecule has 110 valence electrons. The quantitative estimate of drug-likeness (QED) is 0.589. The Bertz CT molecular complexity index is 475.